The summed E-state index contributed by atoms with van der Waals surface area (Å²) in [6.45, 7) is 0. The third-order valence-corrected chi connectivity index (χ3v) is 4.42. The van der Waals surface area contributed by atoms with Gasteiger partial charge in [-0.05, 0) is 22.7 Å². The smallest absolute Gasteiger partial charge is 0.321 e. The molecule has 0 saturated heterocycles. The molecule has 0 aliphatic carbocycles. The van der Waals surface area contributed by atoms with Crippen molar-refractivity contribution < 1.29 is 14.4 Å². The topological polar surface area (TPSA) is 57.5 Å². The molecule has 17 heavy (non-hydrogen) atoms. The molecule has 5 heteroatoms. The summed E-state index contributed by atoms with van der Waals surface area (Å²) in [7, 11) is -3.74. The maximum atomic E-state index is 11.1. The Kier molecular flexibility index (Phi) is 3.76. The van der Waals surface area contributed by atoms with Crippen molar-refractivity contribution in [3.8, 4) is 0 Å². The first-order valence-corrected chi connectivity index (χ1v) is 7.65. The maximum absolute atomic E-state index is 11.1. The second kappa shape index (κ2) is 5.12. The fourth-order valence-corrected chi connectivity index (χ4v) is 3.26. The average Bonchev–Trinajstić information content (AvgIpc) is 2.29. The van der Waals surface area contributed by atoms with E-state index in [4.69, 9.17) is 9.79 Å². The van der Waals surface area contributed by atoms with Crippen LogP contribution in [0.25, 0.3) is 0 Å². The lowest BCUT2D eigenvalue weighted by molar-refractivity contribution is 0.387. The van der Waals surface area contributed by atoms with E-state index in [1.165, 1.54) is 6.07 Å². The molecule has 2 aromatic carbocycles. The summed E-state index contributed by atoms with van der Waals surface area (Å²) in [6, 6.07) is 16.5. The van der Waals surface area contributed by atoms with E-state index in [0.29, 0.717) is 8.58 Å². The van der Waals surface area contributed by atoms with Crippen LogP contribution in [0.2, 0.25) is 0 Å². The van der Waals surface area contributed by atoms with Crippen LogP contribution >= 0.6 is 16.2 Å². The zero-order valence-corrected chi connectivity index (χ0v) is 10.8. The lowest BCUT2D eigenvalue weighted by Gasteiger charge is -2.06. The van der Waals surface area contributed by atoms with Gasteiger partial charge in [0.1, 0.15) is 0 Å². The van der Waals surface area contributed by atoms with Crippen molar-refractivity contribution >= 4 is 32.1 Å². The van der Waals surface area contributed by atoms with Gasteiger partial charge in [-0.3, -0.25) is 4.57 Å². The second-order valence-corrected chi connectivity index (χ2v) is 6.59. The molecule has 0 spiro atoms. The second-order valence-electron chi connectivity index (χ2n) is 3.59. The van der Waals surface area contributed by atoms with E-state index in [1.54, 1.807) is 12.1 Å². The van der Waals surface area contributed by atoms with Crippen LogP contribution in [0, 0.1) is 0 Å². The highest BCUT2D eigenvalue weighted by Crippen LogP contribution is 2.32. The Hall–Kier alpha value is -0.980. The zero-order valence-electron chi connectivity index (χ0n) is 8.95. The lowest BCUT2D eigenvalue weighted by Crippen LogP contribution is -2.11. The third kappa shape index (κ3) is 3.49. The third-order valence-electron chi connectivity index (χ3n) is 2.24. The molecule has 0 saturated carbocycles. The Bertz CT molecular complexity index is 549. The molecule has 0 fully saturated rings. The molecule has 0 aliphatic heterocycles. The number of rotatable bonds is 3. The summed E-state index contributed by atoms with van der Waals surface area (Å²) in [6.07, 6.45) is 0. The van der Waals surface area contributed by atoms with Gasteiger partial charge in [0.05, 0.1) is 5.30 Å². The van der Waals surface area contributed by atoms with Crippen LogP contribution < -0.4 is 15.9 Å². The first-order chi connectivity index (χ1) is 8.05. The van der Waals surface area contributed by atoms with Gasteiger partial charge in [0.25, 0.3) is 0 Å². The Labute approximate surface area is 101 Å². The van der Waals surface area contributed by atoms with E-state index in [-0.39, 0.29) is 5.30 Å². The van der Waals surface area contributed by atoms with Crippen LogP contribution in [-0.2, 0) is 4.57 Å². The summed E-state index contributed by atoms with van der Waals surface area (Å²) in [5, 5.41) is 2.16. The Morgan fingerprint density at radius 1 is 0.882 bits per heavy atom. The predicted octanol–water partition coefficient (Wildman–Crippen LogP) is 1.12. The first-order valence-electron chi connectivity index (χ1n) is 5.04. The molecular weight excluding hydrogens is 254 g/mol. The zero-order chi connectivity index (χ0) is 12.3. The molecule has 88 valence electrons. The predicted molar refractivity (Wildman–Crippen MR) is 72.1 cm³/mol. The van der Waals surface area contributed by atoms with Gasteiger partial charge in [0.15, 0.2) is 0 Å². The molecule has 0 heterocycles. The minimum atomic E-state index is -4.15. The van der Waals surface area contributed by atoms with Crippen LogP contribution in [0.15, 0.2) is 54.6 Å². The van der Waals surface area contributed by atoms with Crippen molar-refractivity contribution in [1.29, 1.82) is 0 Å². The normalized spacial score (nSPS) is 12.1. The van der Waals surface area contributed by atoms with E-state index < -0.39 is 7.60 Å². The van der Waals surface area contributed by atoms with Crippen molar-refractivity contribution in [2.45, 2.75) is 0 Å². The van der Waals surface area contributed by atoms with Crippen molar-refractivity contribution in [3.63, 3.8) is 0 Å². The molecule has 2 N–H and O–H groups in total. The lowest BCUT2D eigenvalue weighted by atomic mass is 10.4. The van der Waals surface area contributed by atoms with Crippen LogP contribution in [0.4, 0.5) is 0 Å². The standard InChI is InChI=1S/C12H12O3P2/c13-17(14,15)12-8-4-7-11(9-12)16-10-5-2-1-3-6-10/h1-9,16H,(H2,13,14,15). The summed E-state index contributed by atoms with van der Waals surface area (Å²) in [5.74, 6) is 0. The van der Waals surface area contributed by atoms with Gasteiger partial charge in [-0.25, -0.2) is 0 Å². The number of hydrogen-bond acceptors (Lipinski definition) is 1. The van der Waals surface area contributed by atoms with Crippen molar-refractivity contribution in [1.82, 2.24) is 0 Å². The van der Waals surface area contributed by atoms with Gasteiger partial charge in [-0.1, -0.05) is 51.0 Å². The molecule has 1 atom stereocenters. The molecule has 2 aromatic rings. The summed E-state index contributed by atoms with van der Waals surface area (Å²) >= 11 is 0. The van der Waals surface area contributed by atoms with Crippen molar-refractivity contribution in [2.75, 3.05) is 0 Å². The molecule has 0 radical (unpaired) electrons. The fraction of sp³-hybridized carbons (Fsp3) is 0. The molecule has 2 rings (SSSR count). The average molecular weight is 266 g/mol. The Balaban J connectivity index is 2.26. The van der Waals surface area contributed by atoms with Crippen LogP contribution in [0.3, 0.4) is 0 Å². The first kappa shape index (κ1) is 12.5. The molecule has 3 nitrogen and oxygen atoms in total. The molecule has 1 unspecified atom stereocenters. The number of benzene rings is 2. The highest BCUT2D eigenvalue weighted by molar-refractivity contribution is 7.60. The minimum absolute atomic E-state index is 0.0819. The highest BCUT2D eigenvalue weighted by atomic mass is 31.2. The van der Waals surface area contributed by atoms with Crippen LogP contribution in [0.5, 0.6) is 0 Å². The largest absolute Gasteiger partial charge is 0.356 e. The molecule has 0 aliphatic rings. The van der Waals surface area contributed by atoms with Gasteiger partial charge in [0.2, 0.25) is 0 Å². The molecule has 0 bridgehead atoms. The van der Waals surface area contributed by atoms with E-state index >= 15 is 0 Å². The van der Waals surface area contributed by atoms with Crippen LogP contribution in [0.1, 0.15) is 0 Å². The van der Waals surface area contributed by atoms with E-state index in [1.807, 2.05) is 36.4 Å². The molecular formula is C12H12O3P2. The van der Waals surface area contributed by atoms with Gasteiger partial charge in [-0.2, -0.15) is 0 Å². The van der Waals surface area contributed by atoms with E-state index in [9.17, 15) is 4.57 Å². The minimum Gasteiger partial charge on any atom is -0.321 e. The fourth-order valence-electron chi connectivity index (χ4n) is 1.45. The van der Waals surface area contributed by atoms with E-state index in [2.05, 4.69) is 0 Å². The van der Waals surface area contributed by atoms with E-state index in [0.717, 1.165) is 10.6 Å². The molecule has 0 aromatic heterocycles. The Morgan fingerprint density at radius 3 is 2.18 bits per heavy atom. The van der Waals surface area contributed by atoms with Gasteiger partial charge in [-0.15, -0.1) is 0 Å². The Morgan fingerprint density at radius 2 is 1.53 bits per heavy atom. The van der Waals surface area contributed by atoms with Crippen molar-refractivity contribution in [2.24, 2.45) is 0 Å². The highest BCUT2D eigenvalue weighted by Gasteiger charge is 2.16. The SMILES string of the molecule is O=P(O)(O)c1cccc(Pc2ccccc2)c1. The van der Waals surface area contributed by atoms with Crippen molar-refractivity contribution in [3.05, 3.63) is 54.6 Å². The summed E-state index contributed by atoms with van der Waals surface area (Å²) < 4.78 is 11.1. The summed E-state index contributed by atoms with van der Waals surface area (Å²) in [5.41, 5.74) is 0. The summed E-state index contributed by atoms with van der Waals surface area (Å²) in [4.78, 5) is 18.2. The molecule has 0 amide bonds. The van der Waals surface area contributed by atoms with Crippen LogP contribution in [-0.4, -0.2) is 9.79 Å². The van der Waals surface area contributed by atoms with Gasteiger partial charge in [0, 0.05) is 0 Å². The van der Waals surface area contributed by atoms with Gasteiger partial charge < -0.3 is 9.79 Å². The van der Waals surface area contributed by atoms with Gasteiger partial charge >= 0.3 is 7.60 Å². The maximum Gasteiger partial charge on any atom is 0.356 e. The quantitative estimate of drug-likeness (QED) is 0.818. The monoisotopic (exact) mass is 266 g/mol. The number of hydrogen-bond donors (Lipinski definition) is 2.